The third kappa shape index (κ3) is 5.07. The van der Waals surface area contributed by atoms with Crippen LogP contribution in [-0.4, -0.2) is 37.0 Å². The summed E-state index contributed by atoms with van der Waals surface area (Å²) in [4.78, 5) is 16.6. The number of para-hydroxylation sites is 1. The van der Waals surface area contributed by atoms with E-state index in [1.807, 2.05) is 19.1 Å². The average molecular weight is 337 g/mol. The van der Waals surface area contributed by atoms with Gasteiger partial charge in [-0.2, -0.15) is 0 Å². The molecule has 3 rings (SSSR count). The molecule has 1 saturated heterocycles. The Morgan fingerprint density at radius 1 is 0.960 bits per heavy atom. The minimum Gasteiger partial charge on any atom is -0.369 e. The number of benzene rings is 2. The van der Waals surface area contributed by atoms with Crippen LogP contribution in [0.1, 0.15) is 25.3 Å². The highest BCUT2D eigenvalue weighted by Gasteiger charge is 2.17. The maximum Gasteiger partial charge on any atom is 0.224 e. The Morgan fingerprint density at radius 2 is 1.64 bits per heavy atom. The van der Waals surface area contributed by atoms with Crippen LogP contribution in [-0.2, 0) is 11.3 Å². The highest BCUT2D eigenvalue weighted by Crippen LogP contribution is 2.17. The van der Waals surface area contributed by atoms with Crippen molar-refractivity contribution in [2.24, 2.45) is 0 Å². The normalized spacial score (nSPS) is 15.2. The minimum atomic E-state index is 0.0901. The highest BCUT2D eigenvalue weighted by molar-refractivity contribution is 5.90. The topological polar surface area (TPSA) is 35.6 Å². The number of carbonyl (C=O) groups excluding carboxylic acids is 1. The molecule has 0 unspecified atom stereocenters. The van der Waals surface area contributed by atoms with Gasteiger partial charge >= 0.3 is 0 Å². The Bertz CT molecular complexity index is 661. The predicted octanol–water partition coefficient (Wildman–Crippen LogP) is 3.75. The van der Waals surface area contributed by atoms with Crippen molar-refractivity contribution in [3.8, 4) is 0 Å². The third-order valence-corrected chi connectivity index (χ3v) is 4.61. The van der Waals surface area contributed by atoms with E-state index in [1.54, 1.807) is 0 Å². The third-order valence-electron chi connectivity index (χ3n) is 4.61. The number of carbonyl (C=O) groups is 1. The van der Waals surface area contributed by atoms with Gasteiger partial charge in [-0.3, -0.25) is 9.69 Å². The molecule has 0 bridgehead atoms. The molecule has 0 aliphatic carbocycles. The lowest BCUT2D eigenvalue weighted by Crippen LogP contribution is -2.45. The van der Waals surface area contributed by atoms with E-state index < -0.39 is 0 Å². The molecule has 132 valence electrons. The van der Waals surface area contributed by atoms with Gasteiger partial charge in [0, 0.05) is 50.5 Å². The second-order valence-corrected chi connectivity index (χ2v) is 6.59. The molecular formula is C21H27N3O. The first-order valence-corrected chi connectivity index (χ1v) is 9.16. The summed E-state index contributed by atoms with van der Waals surface area (Å²) in [5.41, 5.74) is 3.49. The van der Waals surface area contributed by atoms with Crippen LogP contribution in [0.5, 0.6) is 0 Å². The van der Waals surface area contributed by atoms with Crippen molar-refractivity contribution < 1.29 is 4.79 Å². The van der Waals surface area contributed by atoms with E-state index in [0.29, 0.717) is 6.42 Å². The molecule has 1 amide bonds. The van der Waals surface area contributed by atoms with Crippen molar-refractivity contribution in [1.82, 2.24) is 4.90 Å². The molecule has 1 fully saturated rings. The number of hydrogen-bond acceptors (Lipinski definition) is 3. The second-order valence-electron chi connectivity index (χ2n) is 6.59. The molecule has 0 radical (unpaired) electrons. The molecule has 0 aromatic heterocycles. The van der Waals surface area contributed by atoms with Gasteiger partial charge < -0.3 is 10.2 Å². The molecule has 4 nitrogen and oxygen atoms in total. The molecule has 1 aliphatic heterocycles. The van der Waals surface area contributed by atoms with Crippen LogP contribution in [0.4, 0.5) is 11.4 Å². The van der Waals surface area contributed by atoms with Gasteiger partial charge in [-0.15, -0.1) is 0 Å². The van der Waals surface area contributed by atoms with E-state index >= 15 is 0 Å². The molecular weight excluding hydrogens is 310 g/mol. The fourth-order valence-electron chi connectivity index (χ4n) is 3.21. The van der Waals surface area contributed by atoms with E-state index in [2.05, 4.69) is 57.6 Å². The molecule has 4 heteroatoms. The van der Waals surface area contributed by atoms with E-state index in [-0.39, 0.29) is 5.91 Å². The van der Waals surface area contributed by atoms with Crippen molar-refractivity contribution in [3.05, 3.63) is 60.2 Å². The molecule has 1 heterocycles. The number of piperazine rings is 1. The Balaban J connectivity index is 1.48. The predicted molar refractivity (Wildman–Crippen MR) is 104 cm³/mol. The second kappa shape index (κ2) is 8.67. The highest BCUT2D eigenvalue weighted by atomic mass is 16.1. The number of nitrogens with one attached hydrogen (secondary N) is 1. The molecule has 0 atom stereocenters. The summed E-state index contributed by atoms with van der Waals surface area (Å²) in [6.07, 6.45) is 1.45. The summed E-state index contributed by atoms with van der Waals surface area (Å²) in [6.45, 7) is 7.25. The molecule has 1 aliphatic rings. The van der Waals surface area contributed by atoms with Crippen molar-refractivity contribution in [3.63, 3.8) is 0 Å². The van der Waals surface area contributed by atoms with Gasteiger partial charge in [0.15, 0.2) is 0 Å². The monoisotopic (exact) mass is 337 g/mol. The first-order chi connectivity index (χ1) is 12.2. The summed E-state index contributed by atoms with van der Waals surface area (Å²) in [6, 6.07) is 18.9. The van der Waals surface area contributed by atoms with E-state index in [9.17, 15) is 4.79 Å². The number of anilines is 2. The van der Waals surface area contributed by atoms with Crippen molar-refractivity contribution in [2.45, 2.75) is 26.3 Å². The quantitative estimate of drug-likeness (QED) is 0.872. The van der Waals surface area contributed by atoms with Crippen LogP contribution >= 0.6 is 0 Å². The maximum absolute atomic E-state index is 11.6. The van der Waals surface area contributed by atoms with Crippen LogP contribution in [0.25, 0.3) is 0 Å². The zero-order chi connectivity index (χ0) is 17.5. The summed E-state index contributed by atoms with van der Waals surface area (Å²) in [5.74, 6) is 0.0901. The summed E-state index contributed by atoms with van der Waals surface area (Å²) in [7, 11) is 0. The Kier molecular flexibility index (Phi) is 6.07. The Morgan fingerprint density at radius 3 is 2.28 bits per heavy atom. The summed E-state index contributed by atoms with van der Waals surface area (Å²) in [5, 5.41) is 2.94. The van der Waals surface area contributed by atoms with Gasteiger partial charge in [-0.25, -0.2) is 0 Å². The molecule has 2 aromatic rings. The van der Waals surface area contributed by atoms with Gasteiger partial charge in [-0.05, 0) is 36.2 Å². The lowest BCUT2D eigenvalue weighted by atomic mass is 10.1. The van der Waals surface area contributed by atoms with Crippen LogP contribution < -0.4 is 10.2 Å². The number of nitrogens with zero attached hydrogens (tertiary/aromatic N) is 2. The van der Waals surface area contributed by atoms with Crippen LogP contribution in [0.3, 0.4) is 0 Å². The van der Waals surface area contributed by atoms with Crippen molar-refractivity contribution >= 4 is 17.3 Å². The Hall–Kier alpha value is -2.33. The fourth-order valence-corrected chi connectivity index (χ4v) is 3.21. The van der Waals surface area contributed by atoms with Crippen LogP contribution in [0.2, 0.25) is 0 Å². The van der Waals surface area contributed by atoms with Crippen molar-refractivity contribution in [1.29, 1.82) is 0 Å². The standard InChI is InChI=1S/C21H27N3O/c1-2-6-21(25)22-19-11-9-18(10-12-19)17-23-13-15-24(16-14-23)20-7-4-3-5-8-20/h3-5,7-12H,2,6,13-17H2,1H3,(H,22,25). The SMILES string of the molecule is CCCC(=O)Nc1ccc(CN2CCN(c3ccccc3)CC2)cc1. The molecule has 1 N–H and O–H groups in total. The summed E-state index contributed by atoms with van der Waals surface area (Å²) >= 11 is 0. The van der Waals surface area contributed by atoms with Gasteiger partial charge in [0.25, 0.3) is 0 Å². The molecule has 0 saturated carbocycles. The zero-order valence-corrected chi connectivity index (χ0v) is 14.9. The lowest BCUT2D eigenvalue weighted by Gasteiger charge is -2.36. The van der Waals surface area contributed by atoms with Gasteiger partial charge in [0.05, 0.1) is 0 Å². The van der Waals surface area contributed by atoms with E-state index in [1.165, 1.54) is 11.3 Å². The lowest BCUT2D eigenvalue weighted by molar-refractivity contribution is -0.116. The van der Waals surface area contributed by atoms with E-state index in [4.69, 9.17) is 0 Å². The van der Waals surface area contributed by atoms with E-state index in [0.717, 1.165) is 44.8 Å². The Labute approximate surface area is 150 Å². The number of rotatable bonds is 6. The fraction of sp³-hybridized carbons (Fsp3) is 0.381. The first kappa shape index (κ1) is 17.5. The molecule has 2 aromatic carbocycles. The molecule has 25 heavy (non-hydrogen) atoms. The maximum atomic E-state index is 11.6. The number of hydrogen-bond donors (Lipinski definition) is 1. The number of amides is 1. The largest absolute Gasteiger partial charge is 0.369 e. The molecule has 0 spiro atoms. The van der Waals surface area contributed by atoms with Crippen LogP contribution in [0, 0.1) is 0 Å². The van der Waals surface area contributed by atoms with Crippen LogP contribution in [0.15, 0.2) is 54.6 Å². The minimum absolute atomic E-state index is 0.0901. The first-order valence-electron chi connectivity index (χ1n) is 9.16. The zero-order valence-electron chi connectivity index (χ0n) is 14.9. The van der Waals surface area contributed by atoms with Crippen molar-refractivity contribution in [2.75, 3.05) is 36.4 Å². The van der Waals surface area contributed by atoms with Gasteiger partial charge in [-0.1, -0.05) is 37.3 Å². The summed E-state index contributed by atoms with van der Waals surface area (Å²) < 4.78 is 0. The smallest absolute Gasteiger partial charge is 0.224 e. The van der Waals surface area contributed by atoms with Gasteiger partial charge in [0.2, 0.25) is 5.91 Å². The van der Waals surface area contributed by atoms with Gasteiger partial charge in [0.1, 0.15) is 0 Å². The average Bonchev–Trinajstić information content (AvgIpc) is 2.65.